The van der Waals surface area contributed by atoms with Crippen LogP contribution in [-0.2, 0) is 19.4 Å². The lowest BCUT2D eigenvalue weighted by Gasteiger charge is -2.35. The number of fused-ring (bicyclic) bond motifs is 1. The first-order valence-electron chi connectivity index (χ1n) is 17.1. The van der Waals surface area contributed by atoms with Crippen LogP contribution in [0.4, 0.5) is 4.39 Å². The Bertz CT molecular complexity index is 2110. The second kappa shape index (κ2) is 16.0. The highest BCUT2D eigenvalue weighted by molar-refractivity contribution is 6.31. The van der Waals surface area contributed by atoms with Crippen LogP contribution in [0.2, 0.25) is 5.02 Å². The summed E-state index contributed by atoms with van der Waals surface area (Å²) >= 11 is 5.99. The molecule has 0 spiro atoms. The summed E-state index contributed by atoms with van der Waals surface area (Å²) in [5, 5.41) is 5.91. The molecule has 0 saturated carbocycles. The highest BCUT2D eigenvalue weighted by Crippen LogP contribution is 2.47. The number of rotatable bonds is 13. The van der Waals surface area contributed by atoms with Crippen molar-refractivity contribution in [3.63, 3.8) is 0 Å². The van der Waals surface area contributed by atoms with E-state index < -0.39 is 5.56 Å². The van der Waals surface area contributed by atoms with Gasteiger partial charge in [0.15, 0.2) is 10.8 Å². The van der Waals surface area contributed by atoms with E-state index in [1.165, 1.54) is 22.9 Å². The molecule has 7 rings (SSSR count). The molecule has 0 aliphatic heterocycles. The van der Waals surface area contributed by atoms with E-state index in [1.54, 1.807) is 24.4 Å². The van der Waals surface area contributed by atoms with Crippen LogP contribution in [0.25, 0.3) is 0 Å². The van der Waals surface area contributed by atoms with E-state index >= 15 is 0 Å². The number of nitrogens with zero attached hydrogens (tertiary/aromatic N) is 2. The topological polar surface area (TPSA) is 86.3 Å². The molecule has 258 valence electrons. The number of benzene rings is 4. The fraction of sp³-hybridized carbons (Fsp3) is 0.214. The predicted molar refractivity (Wildman–Crippen MR) is 196 cm³/mol. The molecule has 1 aliphatic rings. The number of hydrogen-bond donors (Lipinski definition) is 1. The zero-order valence-electron chi connectivity index (χ0n) is 27.9. The van der Waals surface area contributed by atoms with Gasteiger partial charge in [-0.25, -0.2) is 9.49 Å². The lowest BCUT2D eigenvalue weighted by atomic mass is 9.69. The van der Waals surface area contributed by atoms with Crippen molar-refractivity contribution in [2.75, 3.05) is 6.61 Å². The van der Waals surface area contributed by atoms with Crippen molar-refractivity contribution >= 4 is 11.6 Å². The molecule has 1 aliphatic carbocycles. The van der Waals surface area contributed by atoms with Crippen LogP contribution in [0, 0.1) is 5.82 Å². The Morgan fingerprint density at radius 1 is 0.804 bits per heavy atom. The van der Waals surface area contributed by atoms with Crippen molar-refractivity contribution in [2.45, 2.75) is 50.5 Å². The molecular weight excluding hydrogens is 665 g/mol. The second-order valence-corrected chi connectivity index (χ2v) is 13.0. The Morgan fingerprint density at radius 3 is 2.35 bits per heavy atom. The Labute approximate surface area is 301 Å². The molecule has 51 heavy (non-hydrogen) atoms. The SMILES string of the molecule is O=c1[nH]ncc(Oc2ccc(CCCCOc3ccc(C4c5ccc(OCc6ccccc6)cc5CC[C@@H]4c4ccc(F)cc4)cc3)nc2)c1Cl. The van der Waals surface area contributed by atoms with Crippen LogP contribution in [0.1, 0.15) is 64.6 Å². The Hall–Kier alpha value is -5.47. The number of unbranched alkanes of at least 4 members (excludes halogenated alkanes) is 1. The van der Waals surface area contributed by atoms with E-state index in [9.17, 15) is 9.18 Å². The molecule has 0 bridgehead atoms. The quantitative estimate of drug-likeness (QED) is 0.121. The Kier molecular flexibility index (Phi) is 10.7. The molecule has 1 unspecified atom stereocenters. The summed E-state index contributed by atoms with van der Waals surface area (Å²) in [4.78, 5) is 16.1. The molecule has 0 saturated heterocycles. The number of H-pyrrole nitrogens is 1. The normalized spacial score (nSPS) is 15.2. The Morgan fingerprint density at radius 2 is 1.57 bits per heavy atom. The molecule has 1 N–H and O–H groups in total. The summed E-state index contributed by atoms with van der Waals surface area (Å²) in [7, 11) is 0. The lowest BCUT2D eigenvalue weighted by molar-refractivity contribution is 0.305. The van der Waals surface area contributed by atoms with Gasteiger partial charge in [0.2, 0.25) is 0 Å². The number of hydrogen-bond acceptors (Lipinski definition) is 6. The molecule has 2 atom stereocenters. The second-order valence-electron chi connectivity index (χ2n) is 12.6. The van der Waals surface area contributed by atoms with Gasteiger partial charge < -0.3 is 14.2 Å². The van der Waals surface area contributed by atoms with Gasteiger partial charge in [-0.05, 0) is 114 Å². The fourth-order valence-corrected chi connectivity index (χ4v) is 6.79. The third-order valence-corrected chi connectivity index (χ3v) is 9.61. The zero-order chi connectivity index (χ0) is 35.0. The molecule has 0 fully saturated rings. The predicted octanol–water partition coefficient (Wildman–Crippen LogP) is 9.59. The van der Waals surface area contributed by atoms with Crippen molar-refractivity contribution in [2.24, 2.45) is 0 Å². The molecule has 7 nitrogen and oxygen atoms in total. The summed E-state index contributed by atoms with van der Waals surface area (Å²) in [5.41, 5.74) is 6.46. The maximum absolute atomic E-state index is 13.9. The van der Waals surface area contributed by atoms with Crippen LogP contribution < -0.4 is 19.8 Å². The first kappa shape index (κ1) is 34.0. The summed E-state index contributed by atoms with van der Waals surface area (Å²) < 4.78 is 31.8. The zero-order valence-corrected chi connectivity index (χ0v) is 28.7. The minimum Gasteiger partial charge on any atom is -0.494 e. The van der Waals surface area contributed by atoms with E-state index in [1.807, 2.05) is 48.5 Å². The number of aromatic amines is 1. The fourth-order valence-electron chi connectivity index (χ4n) is 6.66. The molecule has 0 amide bonds. The minimum atomic E-state index is -0.512. The van der Waals surface area contributed by atoms with Crippen molar-refractivity contribution in [3.8, 4) is 23.0 Å². The van der Waals surface area contributed by atoms with Crippen LogP contribution in [0.5, 0.6) is 23.0 Å². The molecule has 4 aromatic carbocycles. The summed E-state index contributed by atoms with van der Waals surface area (Å²) in [6.45, 7) is 1.11. The van der Waals surface area contributed by atoms with E-state index in [-0.39, 0.29) is 28.4 Å². The summed E-state index contributed by atoms with van der Waals surface area (Å²) in [6.07, 6.45) is 7.40. The number of nitrogens with one attached hydrogen (secondary N) is 1. The molecule has 2 aromatic heterocycles. The standard InChI is InChI=1S/C42H37ClFN3O4/c43-41-39(26-46-47-42(41)48)51-36-19-16-33(45-25-36)8-4-5-23-49-34-17-11-30(12-18-34)40-37(29-9-14-32(44)15-10-29)21-13-31-24-35(20-22-38(31)40)50-27-28-6-2-1-3-7-28/h1-3,6-7,9-12,14-20,22,24-26,37,40H,4-5,8,13,21,23,27H2,(H,47,48)/t37-,40?/m1/s1. The van der Waals surface area contributed by atoms with E-state index in [4.69, 9.17) is 25.8 Å². The molecule has 9 heteroatoms. The lowest BCUT2D eigenvalue weighted by Crippen LogP contribution is -2.20. The van der Waals surface area contributed by atoms with Gasteiger partial charge in [0.25, 0.3) is 5.56 Å². The third-order valence-electron chi connectivity index (χ3n) is 9.25. The van der Waals surface area contributed by atoms with Crippen LogP contribution in [-0.4, -0.2) is 21.8 Å². The number of halogens is 2. The first-order chi connectivity index (χ1) is 25.0. The first-order valence-corrected chi connectivity index (χ1v) is 17.5. The van der Waals surface area contributed by atoms with Crippen LogP contribution in [0.3, 0.4) is 0 Å². The van der Waals surface area contributed by atoms with E-state index in [0.717, 1.165) is 60.4 Å². The van der Waals surface area contributed by atoms with Gasteiger partial charge in [-0.15, -0.1) is 0 Å². The number of aryl methyl sites for hydroxylation is 2. The average molecular weight is 702 g/mol. The van der Waals surface area contributed by atoms with E-state index in [0.29, 0.717) is 19.0 Å². The van der Waals surface area contributed by atoms with Gasteiger partial charge in [0.05, 0.1) is 19.0 Å². The van der Waals surface area contributed by atoms with Crippen molar-refractivity contribution in [3.05, 3.63) is 176 Å². The third kappa shape index (κ3) is 8.47. The minimum absolute atomic E-state index is 0.0587. The van der Waals surface area contributed by atoms with Gasteiger partial charge in [-0.1, -0.05) is 72.3 Å². The van der Waals surface area contributed by atoms with Gasteiger partial charge in [0.1, 0.15) is 29.7 Å². The number of pyridine rings is 1. The highest BCUT2D eigenvalue weighted by Gasteiger charge is 2.32. The monoisotopic (exact) mass is 701 g/mol. The largest absolute Gasteiger partial charge is 0.494 e. The Balaban J connectivity index is 0.965. The maximum Gasteiger partial charge on any atom is 0.286 e. The van der Waals surface area contributed by atoms with Gasteiger partial charge in [0, 0.05) is 11.6 Å². The van der Waals surface area contributed by atoms with Gasteiger partial charge in [-0.2, -0.15) is 5.10 Å². The molecule has 2 heterocycles. The van der Waals surface area contributed by atoms with Crippen molar-refractivity contribution in [1.29, 1.82) is 0 Å². The smallest absolute Gasteiger partial charge is 0.286 e. The van der Waals surface area contributed by atoms with Crippen molar-refractivity contribution < 1.29 is 18.6 Å². The molecule has 6 aromatic rings. The highest BCUT2D eigenvalue weighted by atomic mass is 35.5. The summed E-state index contributed by atoms with van der Waals surface area (Å²) in [6, 6.07) is 35.7. The molecular formula is C42H37ClFN3O4. The average Bonchev–Trinajstić information content (AvgIpc) is 3.17. The molecule has 0 radical (unpaired) electrons. The summed E-state index contributed by atoms with van der Waals surface area (Å²) in [5.74, 6) is 2.45. The van der Waals surface area contributed by atoms with Crippen molar-refractivity contribution in [1.82, 2.24) is 15.2 Å². The van der Waals surface area contributed by atoms with Crippen LogP contribution in [0.15, 0.2) is 126 Å². The van der Waals surface area contributed by atoms with Crippen LogP contribution >= 0.6 is 11.6 Å². The number of aromatic nitrogens is 3. The van der Waals surface area contributed by atoms with Gasteiger partial charge >= 0.3 is 0 Å². The maximum atomic E-state index is 13.9. The van der Waals surface area contributed by atoms with E-state index in [2.05, 4.69) is 57.6 Å². The van der Waals surface area contributed by atoms with Gasteiger partial charge in [-0.3, -0.25) is 9.78 Å². The number of ether oxygens (including phenoxy) is 3.